The molecule has 1 aromatic carbocycles. The molecule has 3 rings (SSSR count). The van der Waals surface area contributed by atoms with Crippen molar-refractivity contribution in [1.29, 1.82) is 0 Å². The fraction of sp³-hybridized carbons (Fsp3) is 0.118. The van der Waals surface area contributed by atoms with Gasteiger partial charge in [0.05, 0.1) is 22.8 Å². The number of carbonyl (C=O) groups is 1. The molecule has 0 bridgehead atoms. The minimum Gasteiger partial charge on any atom is -0.462 e. The fourth-order valence-electron chi connectivity index (χ4n) is 2.29. The van der Waals surface area contributed by atoms with Crippen molar-refractivity contribution >= 4 is 28.6 Å². The highest BCUT2D eigenvalue weighted by Crippen LogP contribution is 2.33. The molecule has 0 fully saturated rings. The second kappa shape index (κ2) is 6.30. The molecule has 0 atom stereocenters. The van der Waals surface area contributed by atoms with Crippen molar-refractivity contribution < 1.29 is 13.9 Å². The van der Waals surface area contributed by atoms with Gasteiger partial charge in [0.15, 0.2) is 0 Å². The summed E-state index contributed by atoms with van der Waals surface area (Å²) in [5, 5.41) is 0.147. The molecule has 0 N–H and O–H groups in total. The van der Waals surface area contributed by atoms with Crippen molar-refractivity contribution in [3.8, 4) is 11.3 Å². The van der Waals surface area contributed by atoms with Gasteiger partial charge in [-0.1, -0.05) is 23.7 Å². The summed E-state index contributed by atoms with van der Waals surface area (Å²) in [6.07, 6.45) is 1.56. The van der Waals surface area contributed by atoms with Crippen molar-refractivity contribution in [2.75, 3.05) is 6.61 Å². The van der Waals surface area contributed by atoms with Crippen LogP contribution in [0, 0.1) is 5.82 Å². The number of ether oxygens (including phenoxy) is 1. The van der Waals surface area contributed by atoms with Gasteiger partial charge in [-0.3, -0.25) is 4.98 Å². The van der Waals surface area contributed by atoms with Crippen molar-refractivity contribution in [1.82, 2.24) is 9.97 Å². The van der Waals surface area contributed by atoms with Crippen molar-refractivity contribution in [2.45, 2.75) is 6.92 Å². The van der Waals surface area contributed by atoms with E-state index in [2.05, 4.69) is 9.97 Å². The number of nitrogens with zero attached hydrogens (tertiary/aromatic N) is 2. The van der Waals surface area contributed by atoms with Crippen molar-refractivity contribution in [2.24, 2.45) is 0 Å². The molecule has 6 heteroatoms. The van der Waals surface area contributed by atoms with Crippen molar-refractivity contribution in [3.05, 3.63) is 59.0 Å². The first-order valence-electron chi connectivity index (χ1n) is 6.99. The molecular weight excluding hydrogens is 319 g/mol. The summed E-state index contributed by atoms with van der Waals surface area (Å²) in [5.74, 6) is -1.04. The molecular formula is C17H12ClFN2O2. The molecule has 3 aromatic rings. The maximum absolute atomic E-state index is 13.6. The Morgan fingerprint density at radius 1 is 1.30 bits per heavy atom. The second-order valence-electron chi connectivity index (χ2n) is 4.75. The summed E-state index contributed by atoms with van der Waals surface area (Å²) >= 11 is 6.37. The van der Waals surface area contributed by atoms with Crippen LogP contribution in [-0.4, -0.2) is 22.5 Å². The normalized spacial score (nSPS) is 10.7. The molecule has 2 heterocycles. The predicted octanol–water partition coefficient (Wildman–Crippen LogP) is 4.27. The topological polar surface area (TPSA) is 52.1 Å². The van der Waals surface area contributed by atoms with E-state index < -0.39 is 11.8 Å². The van der Waals surface area contributed by atoms with E-state index in [0.29, 0.717) is 16.6 Å². The summed E-state index contributed by atoms with van der Waals surface area (Å²) < 4.78 is 18.6. The molecule has 2 aromatic heterocycles. The van der Waals surface area contributed by atoms with Crippen molar-refractivity contribution in [3.63, 3.8) is 0 Å². The highest BCUT2D eigenvalue weighted by Gasteiger charge is 2.23. The molecule has 0 saturated heterocycles. The summed E-state index contributed by atoms with van der Waals surface area (Å²) in [7, 11) is 0. The van der Waals surface area contributed by atoms with Gasteiger partial charge in [-0.15, -0.1) is 0 Å². The number of halogens is 2. The highest BCUT2D eigenvalue weighted by molar-refractivity contribution is 6.38. The molecule has 23 heavy (non-hydrogen) atoms. The SMILES string of the molecule is CCOC(=O)c1c(-c2cccc(F)c2)nc2cccnc2c1Cl. The maximum atomic E-state index is 13.6. The number of fused-ring (bicyclic) bond motifs is 1. The summed E-state index contributed by atoms with van der Waals surface area (Å²) in [6.45, 7) is 1.89. The Hall–Kier alpha value is -2.53. The lowest BCUT2D eigenvalue weighted by Gasteiger charge is -2.12. The number of carbonyl (C=O) groups excluding carboxylic acids is 1. The zero-order chi connectivity index (χ0) is 16.4. The van der Waals surface area contributed by atoms with Crippen LogP contribution in [0.4, 0.5) is 4.39 Å². The van der Waals surface area contributed by atoms with Crippen LogP contribution >= 0.6 is 11.6 Å². The molecule has 0 radical (unpaired) electrons. The minimum absolute atomic E-state index is 0.0883. The lowest BCUT2D eigenvalue weighted by atomic mass is 10.0. The Morgan fingerprint density at radius 2 is 2.13 bits per heavy atom. The lowest BCUT2D eigenvalue weighted by Crippen LogP contribution is -2.09. The van der Waals surface area contributed by atoms with Gasteiger partial charge < -0.3 is 4.74 Å². The fourth-order valence-corrected chi connectivity index (χ4v) is 2.60. The Kier molecular flexibility index (Phi) is 4.21. The first kappa shape index (κ1) is 15.4. The molecule has 0 saturated carbocycles. The first-order valence-corrected chi connectivity index (χ1v) is 7.37. The number of rotatable bonds is 3. The average Bonchev–Trinajstić information content (AvgIpc) is 2.55. The van der Waals surface area contributed by atoms with Crippen LogP contribution in [-0.2, 0) is 4.74 Å². The van der Waals surface area contributed by atoms with Crippen LogP contribution in [0.15, 0.2) is 42.6 Å². The van der Waals surface area contributed by atoms with Gasteiger partial charge in [-0.25, -0.2) is 14.2 Å². The highest BCUT2D eigenvalue weighted by atomic mass is 35.5. The molecule has 116 valence electrons. The van der Waals surface area contributed by atoms with Crippen LogP contribution in [0.25, 0.3) is 22.3 Å². The number of hydrogen-bond donors (Lipinski definition) is 0. The first-order chi connectivity index (χ1) is 11.1. The van der Waals surface area contributed by atoms with Gasteiger partial charge in [-0.05, 0) is 31.2 Å². The van der Waals surface area contributed by atoms with E-state index in [9.17, 15) is 9.18 Å². The monoisotopic (exact) mass is 330 g/mol. The molecule has 4 nitrogen and oxygen atoms in total. The third-order valence-corrected chi connectivity index (χ3v) is 3.63. The maximum Gasteiger partial charge on any atom is 0.341 e. The number of hydrogen-bond acceptors (Lipinski definition) is 4. The van der Waals surface area contributed by atoms with E-state index in [1.165, 1.54) is 12.1 Å². The third kappa shape index (κ3) is 2.87. The van der Waals surface area contributed by atoms with Crippen LogP contribution < -0.4 is 0 Å². The van der Waals surface area contributed by atoms with E-state index >= 15 is 0 Å². The van der Waals surface area contributed by atoms with Gasteiger partial charge >= 0.3 is 5.97 Å². The van der Waals surface area contributed by atoms with Crippen LogP contribution in [0.3, 0.4) is 0 Å². The molecule has 0 aliphatic heterocycles. The molecule has 0 aliphatic rings. The average molecular weight is 331 g/mol. The summed E-state index contributed by atoms with van der Waals surface area (Å²) in [6, 6.07) is 9.26. The smallest absolute Gasteiger partial charge is 0.341 e. The summed E-state index contributed by atoms with van der Waals surface area (Å²) in [5.41, 5.74) is 1.72. The third-order valence-electron chi connectivity index (χ3n) is 3.26. The minimum atomic E-state index is -0.614. The number of benzene rings is 1. The van der Waals surface area contributed by atoms with E-state index in [1.807, 2.05) is 0 Å². The van der Waals surface area contributed by atoms with Gasteiger partial charge in [0.2, 0.25) is 0 Å². The lowest BCUT2D eigenvalue weighted by molar-refractivity contribution is 0.0527. The molecule has 0 spiro atoms. The zero-order valence-corrected chi connectivity index (χ0v) is 13.0. The van der Waals surface area contributed by atoms with E-state index in [1.54, 1.807) is 37.4 Å². The Bertz CT molecular complexity index is 899. The Morgan fingerprint density at radius 3 is 2.87 bits per heavy atom. The van der Waals surface area contributed by atoms with E-state index in [4.69, 9.17) is 16.3 Å². The number of pyridine rings is 2. The molecule has 0 aliphatic carbocycles. The summed E-state index contributed by atoms with van der Waals surface area (Å²) in [4.78, 5) is 20.9. The van der Waals surface area contributed by atoms with Gasteiger partial charge in [-0.2, -0.15) is 0 Å². The van der Waals surface area contributed by atoms with E-state index in [0.717, 1.165) is 0 Å². The second-order valence-corrected chi connectivity index (χ2v) is 5.13. The van der Waals surface area contributed by atoms with Gasteiger partial charge in [0, 0.05) is 11.8 Å². The standard InChI is InChI=1S/C17H12ClFN2O2/c1-2-23-17(22)13-14(18)16-12(7-4-8-20-16)21-15(13)10-5-3-6-11(19)9-10/h3-9H,2H2,1H3. The quantitative estimate of drug-likeness (QED) is 0.673. The largest absolute Gasteiger partial charge is 0.462 e. The Labute approximate surface area is 136 Å². The number of esters is 1. The van der Waals surface area contributed by atoms with Crippen LogP contribution in [0.2, 0.25) is 5.02 Å². The number of aromatic nitrogens is 2. The molecule has 0 unspecified atom stereocenters. The zero-order valence-electron chi connectivity index (χ0n) is 12.2. The van der Waals surface area contributed by atoms with Crippen LogP contribution in [0.5, 0.6) is 0 Å². The Balaban J connectivity index is 2.34. The van der Waals surface area contributed by atoms with E-state index in [-0.39, 0.29) is 22.9 Å². The molecule has 0 amide bonds. The van der Waals surface area contributed by atoms with Crippen LogP contribution in [0.1, 0.15) is 17.3 Å². The van der Waals surface area contributed by atoms with Gasteiger partial charge in [0.25, 0.3) is 0 Å². The predicted molar refractivity (Wildman–Crippen MR) is 85.9 cm³/mol. The van der Waals surface area contributed by atoms with Gasteiger partial charge in [0.1, 0.15) is 16.9 Å².